The van der Waals surface area contributed by atoms with Gasteiger partial charge in [-0.2, -0.15) is 4.98 Å². The number of rotatable bonds is 6. The summed E-state index contributed by atoms with van der Waals surface area (Å²) in [5, 5.41) is 5.74. The number of aromatic nitrogens is 2. The van der Waals surface area contributed by atoms with E-state index in [1.807, 2.05) is 6.07 Å². The molecule has 0 saturated carbocycles. The predicted octanol–water partition coefficient (Wildman–Crippen LogP) is 5.45. The first-order valence-electron chi connectivity index (χ1n) is 7.55. The van der Waals surface area contributed by atoms with Gasteiger partial charge in [-0.3, -0.25) is 0 Å². The van der Waals surface area contributed by atoms with Gasteiger partial charge in [0.2, 0.25) is 5.28 Å². The van der Waals surface area contributed by atoms with Gasteiger partial charge in [0.1, 0.15) is 5.82 Å². The minimum Gasteiger partial charge on any atom is -0.364 e. The van der Waals surface area contributed by atoms with Crippen LogP contribution >= 0.6 is 59.1 Å². The molecule has 3 N–H and O–H groups in total. The number of aryl methyl sites for hydroxylation is 1. The molecule has 3 aromatic rings. The highest BCUT2D eigenvalue weighted by atomic mass is 35.5. The number of nitrogens with zero attached hydrogens (tertiary/aromatic N) is 2. The van der Waals surface area contributed by atoms with Gasteiger partial charge < -0.3 is 11.1 Å². The van der Waals surface area contributed by atoms with Crippen molar-refractivity contribution < 1.29 is 0 Å². The molecule has 0 aromatic carbocycles. The molecule has 0 radical (unpaired) electrons. The summed E-state index contributed by atoms with van der Waals surface area (Å²) in [7, 11) is 0. The molecule has 1 atom stereocenters. The van der Waals surface area contributed by atoms with E-state index in [4.69, 9.17) is 17.3 Å². The first-order valence-corrected chi connectivity index (χ1v) is 9.63. The average molecular weight is 440 g/mol. The van der Waals surface area contributed by atoms with E-state index in [0.717, 1.165) is 41.0 Å². The quantitative estimate of drug-likeness (QED) is 0.501. The second-order valence-electron chi connectivity index (χ2n) is 5.47. The zero-order chi connectivity index (χ0) is 16.4. The molecular weight excluding hydrogens is 419 g/mol. The van der Waals surface area contributed by atoms with Crippen molar-refractivity contribution >= 4 is 75.1 Å². The Morgan fingerprint density at radius 1 is 1.32 bits per heavy atom. The van der Waals surface area contributed by atoms with Gasteiger partial charge in [-0.05, 0) is 48.4 Å². The fourth-order valence-corrected chi connectivity index (χ4v) is 4.50. The summed E-state index contributed by atoms with van der Waals surface area (Å²) in [5.41, 5.74) is 8.21. The summed E-state index contributed by atoms with van der Waals surface area (Å²) in [5.74, 6) is 0.804. The van der Waals surface area contributed by atoms with Crippen LogP contribution in [0.4, 0.5) is 5.82 Å². The van der Waals surface area contributed by atoms with Crippen LogP contribution in [0.15, 0.2) is 17.5 Å². The van der Waals surface area contributed by atoms with Crippen LogP contribution < -0.4 is 11.1 Å². The van der Waals surface area contributed by atoms with Gasteiger partial charge in [0, 0.05) is 15.8 Å². The number of anilines is 1. The monoisotopic (exact) mass is 438 g/mol. The molecule has 4 nitrogen and oxygen atoms in total. The zero-order valence-corrected chi connectivity index (χ0v) is 17.9. The molecule has 9 heteroatoms. The Balaban J connectivity index is 0.00000156. The maximum absolute atomic E-state index is 6.12. The van der Waals surface area contributed by atoms with Crippen LogP contribution in [0.1, 0.15) is 28.7 Å². The number of halogens is 3. The van der Waals surface area contributed by atoms with Crippen molar-refractivity contribution in [2.45, 2.75) is 39.3 Å². The minimum atomic E-state index is 0. The molecule has 1 unspecified atom stereocenters. The van der Waals surface area contributed by atoms with Crippen molar-refractivity contribution in [2.75, 3.05) is 5.32 Å². The summed E-state index contributed by atoms with van der Waals surface area (Å²) in [6.45, 7) is 4.93. The standard InChI is InChI=1S/C16H19ClN4S2.2ClH/c1-3-10(18)7-12-9(2)13-14(23-12)15(21-16(17)20-13)19-8-11-5-4-6-22-11;;/h4-6,10H,3,7-8,18H2,1-2H3,(H,19,20,21);2*1H. The molecule has 138 valence electrons. The van der Waals surface area contributed by atoms with Crippen LogP contribution in [0.25, 0.3) is 10.2 Å². The largest absolute Gasteiger partial charge is 0.364 e. The van der Waals surface area contributed by atoms with Crippen LogP contribution in [0.5, 0.6) is 0 Å². The second-order valence-corrected chi connectivity index (χ2v) is 7.95. The topological polar surface area (TPSA) is 63.8 Å². The fourth-order valence-electron chi connectivity index (χ4n) is 2.39. The SMILES string of the molecule is CCC(N)Cc1sc2c(NCc3cccs3)nc(Cl)nc2c1C.Cl.Cl. The Bertz CT molecular complexity index is 805. The third kappa shape index (κ3) is 5.18. The van der Waals surface area contributed by atoms with Crippen molar-refractivity contribution in [1.29, 1.82) is 0 Å². The van der Waals surface area contributed by atoms with Gasteiger partial charge in [0.05, 0.1) is 16.8 Å². The molecule has 3 rings (SSSR count). The normalized spacial score (nSPS) is 11.7. The van der Waals surface area contributed by atoms with E-state index in [0.29, 0.717) is 0 Å². The zero-order valence-electron chi connectivity index (χ0n) is 13.9. The summed E-state index contributed by atoms with van der Waals surface area (Å²) in [6, 6.07) is 4.32. The molecule has 0 fully saturated rings. The third-order valence-corrected chi connectivity index (χ3v) is 6.17. The van der Waals surface area contributed by atoms with E-state index >= 15 is 0 Å². The highest BCUT2D eigenvalue weighted by Crippen LogP contribution is 2.35. The Labute approximate surface area is 173 Å². The van der Waals surface area contributed by atoms with Gasteiger partial charge in [-0.1, -0.05) is 13.0 Å². The van der Waals surface area contributed by atoms with Crippen molar-refractivity contribution in [3.8, 4) is 0 Å². The summed E-state index contributed by atoms with van der Waals surface area (Å²) in [4.78, 5) is 11.3. The van der Waals surface area contributed by atoms with Gasteiger partial charge in [0.15, 0.2) is 0 Å². The summed E-state index contributed by atoms with van der Waals surface area (Å²) >= 11 is 9.56. The Kier molecular flexibility index (Phi) is 8.87. The number of hydrogen-bond acceptors (Lipinski definition) is 6. The molecule has 3 heterocycles. The molecular formula is C16H21Cl3N4S2. The number of nitrogens with two attached hydrogens (primary N) is 1. The van der Waals surface area contributed by atoms with Crippen LogP contribution in [-0.2, 0) is 13.0 Å². The van der Waals surface area contributed by atoms with Crippen molar-refractivity contribution in [1.82, 2.24) is 9.97 Å². The molecule has 0 aliphatic rings. The molecule has 0 amide bonds. The smallest absolute Gasteiger partial charge is 0.224 e. The van der Waals surface area contributed by atoms with Gasteiger partial charge >= 0.3 is 0 Å². The molecule has 0 aliphatic heterocycles. The number of fused-ring (bicyclic) bond motifs is 1. The van der Waals surface area contributed by atoms with E-state index in [1.165, 1.54) is 9.75 Å². The van der Waals surface area contributed by atoms with Crippen LogP contribution in [0.3, 0.4) is 0 Å². The fraction of sp³-hybridized carbons (Fsp3) is 0.375. The molecule has 3 aromatic heterocycles. The predicted molar refractivity (Wildman–Crippen MR) is 115 cm³/mol. The lowest BCUT2D eigenvalue weighted by molar-refractivity contribution is 0.650. The number of hydrogen-bond donors (Lipinski definition) is 2. The lowest BCUT2D eigenvalue weighted by Gasteiger charge is -2.06. The highest BCUT2D eigenvalue weighted by Gasteiger charge is 2.17. The van der Waals surface area contributed by atoms with Crippen molar-refractivity contribution in [3.05, 3.63) is 38.1 Å². The lowest BCUT2D eigenvalue weighted by atomic mass is 10.1. The maximum atomic E-state index is 6.12. The van der Waals surface area contributed by atoms with Crippen LogP contribution in [0, 0.1) is 6.92 Å². The van der Waals surface area contributed by atoms with E-state index < -0.39 is 0 Å². The summed E-state index contributed by atoms with van der Waals surface area (Å²) < 4.78 is 1.06. The van der Waals surface area contributed by atoms with Gasteiger partial charge in [0.25, 0.3) is 0 Å². The Hall–Kier alpha value is -0.630. The van der Waals surface area contributed by atoms with Crippen molar-refractivity contribution in [3.63, 3.8) is 0 Å². The van der Waals surface area contributed by atoms with Crippen LogP contribution in [-0.4, -0.2) is 16.0 Å². The molecule has 0 spiro atoms. The first kappa shape index (κ1) is 22.4. The van der Waals surface area contributed by atoms with Crippen molar-refractivity contribution in [2.24, 2.45) is 5.73 Å². The average Bonchev–Trinajstić information content (AvgIpc) is 3.15. The second kappa shape index (κ2) is 9.90. The Morgan fingerprint density at radius 2 is 2.08 bits per heavy atom. The molecule has 0 saturated heterocycles. The highest BCUT2D eigenvalue weighted by molar-refractivity contribution is 7.19. The first-order chi connectivity index (χ1) is 11.1. The molecule has 25 heavy (non-hydrogen) atoms. The van der Waals surface area contributed by atoms with E-state index in [-0.39, 0.29) is 36.1 Å². The lowest BCUT2D eigenvalue weighted by Crippen LogP contribution is -2.21. The molecule has 0 bridgehead atoms. The van der Waals surface area contributed by atoms with E-state index in [1.54, 1.807) is 22.7 Å². The van der Waals surface area contributed by atoms with E-state index in [2.05, 4.69) is 40.6 Å². The van der Waals surface area contributed by atoms with Gasteiger partial charge in [-0.25, -0.2) is 4.98 Å². The summed E-state index contributed by atoms with van der Waals surface area (Å²) in [6.07, 6.45) is 1.83. The molecule has 0 aliphatic carbocycles. The number of thiophene rings is 2. The van der Waals surface area contributed by atoms with E-state index in [9.17, 15) is 0 Å². The van der Waals surface area contributed by atoms with Gasteiger partial charge in [-0.15, -0.1) is 47.5 Å². The minimum absolute atomic E-state index is 0. The maximum Gasteiger partial charge on any atom is 0.224 e. The third-order valence-electron chi connectivity index (χ3n) is 3.82. The number of nitrogens with one attached hydrogen (secondary N) is 1. The van der Waals surface area contributed by atoms with Crippen LogP contribution in [0.2, 0.25) is 5.28 Å². The Morgan fingerprint density at radius 3 is 2.72 bits per heavy atom.